The van der Waals surface area contributed by atoms with E-state index in [9.17, 15) is 4.79 Å². The van der Waals surface area contributed by atoms with E-state index in [1.807, 2.05) is 0 Å². The summed E-state index contributed by atoms with van der Waals surface area (Å²) in [5, 5.41) is 0. The third-order valence-electron chi connectivity index (χ3n) is 1.31. The van der Waals surface area contributed by atoms with Crippen LogP contribution in [0.1, 0.15) is 10.4 Å². The number of carbonyl (C=O) groups excluding carboxylic acids is 1. The summed E-state index contributed by atoms with van der Waals surface area (Å²) in [6, 6.07) is 5.25. The molecule has 0 amide bonds. The first-order valence-corrected chi connectivity index (χ1v) is 5.13. The van der Waals surface area contributed by atoms with Crippen LogP contribution in [0.25, 0.3) is 0 Å². The molecule has 0 aliphatic heterocycles. The van der Waals surface area contributed by atoms with Crippen LogP contribution in [0.5, 0.6) is 5.75 Å². The van der Waals surface area contributed by atoms with Crippen molar-refractivity contribution >= 4 is 38.1 Å². The molecule has 0 radical (unpaired) electrons. The monoisotopic (exact) mass is 292 g/mol. The first kappa shape index (κ1) is 9.74. The molecule has 1 aromatic carbocycles. The molecule has 0 N–H and O–H groups in total. The van der Waals surface area contributed by atoms with Gasteiger partial charge in [-0.1, -0.05) is 15.9 Å². The Balaban J connectivity index is 3.03. The summed E-state index contributed by atoms with van der Waals surface area (Å²) in [4.78, 5) is 10.5. The molecule has 0 saturated heterocycles. The molecule has 4 heteroatoms. The second kappa shape index (κ2) is 4.62. The highest BCUT2D eigenvalue weighted by molar-refractivity contribution is 9.10. The van der Waals surface area contributed by atoms with Crippen LogP contribution < -0.4 is 4.74 Å². The number of carbonyl (C=O) groups is 1. The molecule has 12 heavy (non-hydrogen) atoms. The highest BCUT2D eigenvalue weighted by Crippen LogP contribution is 2.22. The van der Waals surface area contributed by atoms with Gasteiger partial charge in [0.25, 0.3) is 0 Å². The summed E-state index contributed by atoms with van der Waals surface area (Å²) in [6.45, 7) is 0. The lowest BCUT2D eigenvalue weighted by Crippen LogP contribution is -1.93. The Morgan fingerprint density at radius 1 is 1.50 bits per heavy atom. The molecule has 0 heterocycles. The fourth-order valence-corrected chi connectivity index (χ4v) is 1.38. The molecule has 64 valence electrons. The molecule has 2 nitrogen and oxygen atoms in total. The minimum atomic E-state index is 0.379. The van der Waals surface area contributed by atoms with E-state index in [0.29, 0.717) is 16.8 Å². The number of hydrogen-bond donors (Lipinski definition) is 0. The van der Waals surface area contributed by atoms with E-state index in [1.54, 1.807) is 18.2 Å². The lowest BCUT2D eigenvalue weighted by Gasteiger charge is -2.04. The van der Waals surface area contributed by atoms with Gasteiger partial charge in [0.05, 0.1) is 5.56 Å². The van der Waals surface area contributed by atoms with Gasteiger partial charge in [-0.2, -0.15) is 0 Å². The zero-order valence-corrected chi connectivity index (χ0v) is 9.26. The molecule has 0 aliphatic carbocycles. The van der Waals surface area contributed by atoms with Crippen molar-refractivity contribution in [3.63, 3.8) is 0 Å². The number of hydrogen-bond acceptors (Lipinski definition) is 2. The van der Waals surface area contributed by atoms with Gasteiger partial charge in [0.1, 0.15) is 11.3 Å². The number of alkyl halides is 1. The van der Waals surface area contributed by atoms with Crippen molar-refractivity contribution in [1.29, 1.82) is 0 Å². The molecule has 1 aromatic rings. The minimum Gasteiger partial charge on any atom is -0.482 e. The Bertz CT molecular complexity index is 286. The highest BCUT2D eigenvalue weighted by Gasteiger charge is 2.01. The van der Waals surface area contributed by atoms with Gasteiger partial charge in [-0.3, -0.25) is 4.79 Å². The predicted molar refractivity (Wildman–Crippen MR) is 54.0 cm³/mol. The largest absolute Gasteiger partial charge is 0.482 e. The van der Waals surface area contributed by atoms with Crippen molar-refractivity contribution in [2.75, 3.05) is 5.52 Å². The van der Waals surface area contributed by atoms with Crippen molar-refractivity contribution in [2.24, 2.45) is 0 Å². The average molecular weight is 294 g/mol. The second-order valence-corrected chi connectivity index (χ2v) is 3.43. The third kappa shape index (κ3) is 2.32. The van der Waals surface area contributed by atoms with Crippen molar-refractivity contribution in [3.05, 3.63) is 28.2 Å². The van der Waals surface area contributed by atoms with Gasteiger partial charge < -0.3 is 4.74 Å². The Kier molecular flexibility index (Phi) is 3.75. The molecule has 0 unspecified atom stereocenters. The number of benzene rings is 1. The Labute approximate surface area is 87.2 Å². The fourth-order valence-electron chi connectivity index (χ4n) is 0.789. The summed E-state index contributed by atoms with van der Waals surface area (Å²) in [6.07, 6.45) is 0.768. The Hall–Kier alpha value is -0.350. The fraction of sp³-hybridized carbons (Fsp3) is 0.125. The van der Waals surface area contributed by atoms with Gasteiger partial charge in [0.2, 0.25) is 0 Å². The van der Waals surface area contributed by atoms with E-state index in [-0.39, 0.29) is 0 Å². The van der Waals surface area contributed by atoms with E-state index >= 15 is 0 Å². The standard InChI is InChI=1S/C8H6Br2O2/c9-5-12-8-3-7(10)2-1-6(8)4-11/h1-4H,5H2. The number of rotatable bonds is 3. The van der Waals surface area contributed by atoms with E-state index in [2.05, 4.69) is 31.9 Å². The van der Waals surface area contributed by atoms with Crippen molar-refractivity contribution in [1.82, 2.24) is 0 Å². The van der Waals surface area contributed by atoms with Gasteiger partial charge in [-0.25, -0.2) is 0 Å². The lowest BCUT2D eigenvalue weighted by atomic mass is 10.2. The SMILES string of the molecule is O=Cc1ccc(Br)cc1OCBr. The summed E-state index contributed by atoms with van der Waals surface area (Å²) < 4.78 is 6.06. The summed E-state index contributed by atoms with van der Waals surface area (Å²) in [5.41, 5.74) is 0.933. The predicted octanol–water partition coefficient (Wildman–Crippen LogP) is 2.99. The molecule has 0 saturated carbocycles. The maximum absolute atomic E-state index is 10.5. The topological polar surface area (TPSA) is 26.3 Å². The first-order valence-electron chi connectivity index (χ1n) is 3.21. The lowest BCUT2D eigenvalue weighted by molar-refractivity contribution is 0.112. The third-order valence-corrected chi connectivity index (χ3v) is 2.03. The van der Waals surface area contributed by atoms with Crippen molar-refractivity contribution < 1.29 is 9.53 Å². The Morgan fingerprint density at radius 3 is 2.83 bits per heavy atom. The number of halogens is 2. The maximum atomic E-state index is 10.5. The van der Waals surface area contributed by atoms with Crippen LogP contribution in [0, 0.1) is 0 Å². The van der Waals surface area contributed by atoms with Gasteiger partial charge >= 0.3 is 0 Å². The van der Waals surface area contributed by atoms with Crippen molar-refractivity contribution in [3.8, 4) is 5.75 Å². The van der Waals surface area contributed by atoms with E-state index in [1.165, 1.54) is 0 Å². The zero-order valence-electron chi connectivity index (χ0n) is 6.09. The van der Waals surface area contributed by atoms with E-state index in [4.69, 9.17) is 4.74 Å². The normalized spacial score (nSPS) is 9.50. The van der Waals surface area contributed by atoms with Crippen molar-refractivity contribution in [2.45, 2.75) is 0 Å². The number of aldehydes is 1. The molecular formula is C8H6Br2O2. The molecule has 0 bridgehead atoms. The van der Waals surface area contributed by atoms with Crippen LogP contribution in [0.3, 0.4) is 0 Å². The minimum absolute atomic E-state index is 0.379. The van der Waals surface area contributed by atoms with Crippen LogP contribution >= 0.6 is 31.9 Å². The van der Waals surface area contributed by atoms with Crippen LogP contribution in [0.15, 0.2) is 22.7 Å². The highest BCUT2D eigenvalue weighted by atomic mass is 79.9. The molecule has 0 atom stereocenters. The van der Waals surface area contributed by atoms with Crippen LogP contribution in [0.4, 0.5) is 0 Å². The van der Waals surface area contributed by atoms with Crippen LogP contribution in [-0.2, 0) is 0 Å². The van der Waals surface area contributed by atoms with Gasteiger partial charge in [-0.05, 0) is 34.1 Å². The number of ether oxygens (including phenoxy) is 1. The summed E-state index contributed by atoms with van der Waals surface area (Å²) in [5.74, 6) is 0.580. The van der Waals surface area contributed by atoms with Gasteiger partial charge in [0.15, 0.2) is 6.29 Å². The molecular weight excluding hydrogens is 288 g/mol. The molecule has 0 fully saturated rings. The van der Waals surface area contributed by atoms with Gasteiger partial charge in [0, 0.05) is 4.47 Å². The first-order chi connectivity index (χ1) is 5.77. The zero-order chi connectivity index (χ0) is 8.97. The molecule has 0 aromatic heterocycles. The quantitative estimate of drug-likeness (QED) is 0.633. The molecule has 0 aliphatic rings. The molecule has 1 rings (SSSR count). The summed E-state index contributed by atoms with van der Waals surface area (Å²) >= 11 is 6.40. The van der Waals surface area contributed by atoms with Crippen LogP contribution in [0.2, 0.25) is 0 Å². The Morgan fingerprint density at radius 2 is 2.25 bits per heavy atom. The summed E-state index contributed by atoms with van der Waals surface area (Å²) in [7, 11) is 0. The van der Waals surface area contributed by atoms with E-state index < -0.39 is 0 Å². The van der Waals surface area contributed by atoms with E-state index in [0.717, 1.165) is 10.8 Å². The smallest absolute Gasteiger partial charge is 0.153 e. The molecule has 0 spiro atoms. The average Bonchev–Trinajstić information content (AvgIpc) is 2.05. The van der Waals surface area contributed by atoms with Crippen LogP contribution in [-0.4, -0.2) is 11.8 Å². The second-order valence-electron chi connectivity index (χ2n) is 2.05. The van der Waals surface area contributed by atoms with Gasteiger partial charge in [-0.15, -0.1) is 0 Å². The maximum Gasteiger partial charge on any atom is 0.153 e.